The van der Waals surface area contributed by atoms with Crippen LogP contribution in [0.5, 0.6) is 0 Å². The summed E-state index contributed by atoms with van der Waals surface area (Å²) < 4.78 is 40.1. The number of H-pyrrole nitrogens is 1. The third-order valence-electron chi connectivity index (χ3n) is 5.50. The van der Waals surface area contributed by atoms with Crippen molar-refractivity contribution < 1.29 is 23.1 Å². The number of nitrogens with one attached hydrogen (secondary N) is 1. The van der Waals surface area contributed by atoms with E-state index in [2.05, 4.69) is 10.2 Å². The number of aliphatic hydroxyl groups is 1. The Bertz CT molecular complexity index is 1090. The normalized spacial score (nSPS) is 14.8. The van der Waals surface area contributed by atoms with Crippen LogP contribution in [-0.4, -0.2) is 21.2 Å². The molecule has 5 nitrogen and oxygen atoms in total. The second-order valence-electron chi connectivity index (χ2n) is 7.44. The summed E-state index contributed by atoms with van der Waals surface area (Å²) in [4.78, 5) is 14.2. The molecule has 0 radical (unpaired) electrons. The molecular formula is C22H20F3N3O2. The van der Waals surface area contributed by atoms with Crippen LogP contribution in [0.2, 0.25) is 0 Å². The van der Waals surface area contributed by atoms with Crippen molar-refractivity contribution in [2.24, 2.45) is 0 Å². The lowest BCUT2D eigenvalue weighted by Crippen LogP contribution is -2.23. The third kappa shape index (κ3) is 3.59. The van der Waals surface area contributed by atoms with Gasteiger partial charge in [-0.1, -0.05) is 25.1 Å². The Hall–Kier alpha value is -3.13. The predicted octanol–water partition coefficient (Wildman–Crippen LogP) is 4.43. The van der Waals surface area contributed by atoms with Crippen LogP contribution >= 0.6 is 0 Å². The number of rotatable bonds is 5. The van der Waals surface area contributed by atoms with E-state index in [1.165, 1.54) is 17.0 Å². The second-order valence-corrected chi connectivity index (χ2v) is 7.44. The van der Waals surface area contributed by atoms with Gasteiger partial charge in [0, 0.05) is 23.0 Å². The molecule has 0 bridgehead atoms. The van der Waals surface area contributed by atoms with Crippen LogP contribution in [0.1, 0.15) is 51.1 Å². The van der Waals surface area contributed by atoms with E-state index in [4.69, 9.17) is 0 Å². The molecule has 0 aliphatic carbocycles. The minimum atomic E-state index is -4.51. The van der Waals surface area contributed by atoms with Crippen molar-refractivity contribution in [2.45, 2.75) is 38.6 Å². The molecule has 1 amide bonds. The lowest BCUT2D eigenvalue weighted by Gasteiger charge is -2.19. The molecule has 1 aliphatic heterocycles. The lowest BCUT2D eigenvalue weighted by atomic mass is 9.94. The van der Waals surface area contributed by atoms with Crippen molar-refractivity contribution >= 4 is 11.6 Å². The quantitative estimate of drug-likeness (QED) is 0.648. The Balaban J connectivity index is 1.61. The van der Waals surface area contributed by atoms with E-state index in [-0.39, 0.29) is 30.2 Å². The number of amides is 1. The van der Waals surface area contributed by atoms with Gasteiger partial charge in [-0.3, -0.25) is 9.89 Å². The highest BCUT2D eigenvalue weighted by Crippen LogP contribution is 2.38. The van der Waals surface area contributed by atoms with Gasteiger partial charge in [0.05, 0.1) is 24.4 Å². The number of aromatic amines is 1. The second kappa shape index (κ2) is 7.60. The molecule has 2 aromatic carbocycles. The van der Waals surface area contributed by atoms with Crippen molar-refractivity contribution in [1.29, 1.82) is 0 Å². The summed E-state index contributed by atoms with van der Waals surface area (Å²) in [5.41, 5.74) is 2.30. The van der Waals surface area contributed by atoms with Gasteiger partial charge in [0.25, 0.3) is 5.91 Å². The number of carbonyl (C=O) groups excluding carboxylic acids is 1. The molecular weight excluding hydrogens is 395 g/mol. The zero-order valence-corrected chi connectivity index (χ0v) is 16.2. The number of hydrogen-bond donors (Lipinski definition) is 2. The molecule has 1 aliphatic rings. The number of aliphatic hydroxyl groups excluding tert-OH is 1. The average Bonchev–Trinajstić information content (AvgIpc) is 3.31. The molecule has 1 atom stereocenters. The topological polar surface area (TPSA) is 69.2 Å². The number of aromatic nitrogens is 2. The third-order valence-corrected chi connectivity index (χ3v) is 5.50. The Morgan fingerprint density at radius 3 is 2.73 bits per heavy atom. The Morgan fingerprint density at radius 2 is 2.00 bits per heavy atom. The molecule has 2 heterocycles. The number of halogens is 3. The molecule has 30 heavy (non-hydrogen) atoms. The fourth-order valence-corrected chi connectivity index (χ4v) is 3.87. The minimum Gasteiger partial charge on any atom is -0.392 e. The van der Waals surface area contributed by atoms with Gasteiger partial charge in [-0.25, -0.2) is 0 Å². The standard InChI is InChI=1S/C22H20F3N3O2/c1-13(8-20-15(12-29)10-26-27-20)14-4-2-5-16(9-14)28-11-18-17(21(28)30)6-3-7-19(18)22(23,24)25/h2-7,9-10,13,29H,8,11-12H2,1H3,(H,26,27)/t13-/m1/s1. The van der Waals surface area contributed by atoms with E-state index in [1.807, 2.05) is 19.1 Å². The summed E-state index contributed by atoms with van der Waals surface area (Å²) in [6.45, 7) is 1.77. The molecule has 0 fully saturated rings. The van der Waals surface area contributed by atoms with Crippen molar-refractivity contribution in [3.8, 4) is 0 Å². The van der Waals surface area contributed by atoms with Gasteiger partial charge in [0.1, 0.15) is 0 Å². The highest BCUT2D eigenvalue weighted by molar-refractivity contribution is 6.10. The summed E-state index contributed by atoms with van der Waals surface area (Å²) in [5, 5.41) is 16.3. The van der Waals surface area contributed by atoms with Crippen LogP contribution in [0.4, 0.5) is 18.9 Å². The van der Waals surface area contributed by atoms with Crippen LogP contribution in [0, 0.1) is 0 Å². The van der Waals surface area contributed by atoms with Crippen molar-refractivity contribution in [3.63, 3.8) is 0 Å². The van der Waals surface area contributed by atoms with Crippen LogP contribution in [0.3, 0.4) is 0 Å². The summed E-state index contributed by atoms with van der Waals surface area (Å²) in [7, 11) is 0. The number of benzene rings is 2. The molecule has 8 heteroatoms. The van der Waals surface area contributed by atoms with Gasteiger partial charge in [0.2, 0.25) is 0 Å². The summed E-state index contributed by atoms with van der Waals surface area (Å²) in [5.74, 6) is -0.403. The van der Waals surface area contributed by atoms with Crippen LogP contribution < -0.4 is 4.90 Å². The maximum absolute atomic E-state index is 13.4. The first-order valence-corrected chi connectivity index (χ1v) is 9.53. The molecule has 2 N–H and O–H groups in total. The highest BCUT2D eigenvalue weighted by atomic mass is 19.4. The van der Waals surface area contributed by atoms with Crippen molar-refractivity contribution in [1.82, 2.24) is 10.2 Å². The number of hydrogen-bond acceptors (Lipinski definition) is 3. The van der Waals surface area contributed by atoms with E-state index in [0.29, 0.717) is 12.1 Å². The molecule has 156 valence electrons. The van der Waals surface area contributed by atoms with Gasteiger partial charge in [0.15, 0.2) is 0 Å². The van der Waals surface area contributed by atoms with Gasteiger partial charge in [-0.2, -0.15) is 18.3 Å². The van der Waals surface area contributed by atoms with Gasteiger partial charge in [-0.05, 0) is 47.7 Å². The SMILES string of the molecule is C[C@H](Cc1n[nH]cc1CO)c1cccc(N2Cc3c(cccc3C(F)(F)F)C2=O)c1. The molecule has 4 rings (SSSR count). The average molecular weight is 415 g/mol. The smallest absolute Gasteiger partial charge is 0.392 e. The first-order valence-electron chi connectivity index (χ1n) is 9.53. The lowest BCUT2D eigenvalue weighted by molar-refractivity contribution is -0.138. The molecule has 0 saturated carbocycles. The maximum atomic E-state index is 13.4. The highest BCUT2D eigenvalue weighted by Gasteiger charge is 2.39. The van der Waals surface area contributed by atoms with E-state index >= 15 is 0 Å². The fraction of sp³-hybridized carbons (Fsp3) is 0.273. The number of fused-ring (bicyclic) bond motifs is 1. The van der Waals surface area contributed by atoms with Crippen molar-refractivity contribution in [3.05, 3.63) is 82.2 Å². The predicted molar refractivity (Wildman–Crippen MR) is 105 cm³/mol. The zero-order chi connectivity index (χ0) is 21.5. The summed E-state index contributed by atoms with van der Waals surface area (Å²) >= 11 is 0. The first kappa shape index (κ1) is 20.2. The zero-order valence-electron chi connectivity index (χ0n) is 16.2. The van der Waals surface area contributed by atoms with Crippen LogP contribution in [-0.2, 0) is 25.7 Å². The minimum absolute atomic E-state index is 0.0116. The van der Waals surface area contributed by atoms with Crippen LogP contribution in [0.25, 0.3) is 0 Å². The van der Waals surface area contributed by atoms with Gasteiger partial charge < -0.3 is 10.0 Å². The Morgan fingerprint density at radius 1 is 1.23 bits per heavy atom. The first-order chi connectivity index (χ1) is 14.3. The van der Waals surface area contributed by atoms with Gasteiger partial charge >= 0.3 is 6.18 Å². The summed E-state index contributed by atoms with van der Waals surface area (Å²) in [6.07, 6.45) is -2.28. The Kier molecular flexibility index (Phi) is 5.11. The maximum Gasteiger partial charge on any atom is 0.416 e. The monoisotopic (exact) mass is 415 g/mol. The number of anilines is 1. The van der Waals surface area contributed by atoms with E-state index in [0.717, 1.165) is 22.9 Å². The summed E-state index contributed by atoms with van der Waals surface area (Å²) in [6, 6.07) is 11.0. The Labute approximate surface area is 171 Å². The number of carbonyl (C=O) groups is 1. The van der Waals surface area contributed by atoms with Crippen molar-refractivity contribution in [2.75, 3.05) is 4.90 Å². The fourth-order valence-electron chi connectivity index (χ4n) is 3.87. The van der Waals surface area contributed by atoms with E-state index in [9.17, 15) is 23.1 Å². The number of nitrogens with zero attached hydrogens (tertiary/aromatic N) is 2. The molecule has 3 aromatic rings. The molecule has 1 aromatic heterocycles. The largest absolute Gasteiger partial charge is 0.416 e. The van der Waals surface area contributed by atoms with E-state index in [1.54, 1.807) is 18.3 Å². The molecule has 0 saturated heterocycles. The van der Waals surface area contributed by atoms with Gasteiger partial charge in [-0.15, -0.1) is 0 Å². The molecule has 0 unspecified atom stereocenters. The van der Waals surface area contributed by atoms with Crippen LogP contribution in [0.15, 0.2) is 48.7 Å². The molecule has 0 spiro atoms. The number of alkyl halides is 3. The van der Waals surface area contributed by atoms with E-state index < -0.39 is 17.6 Å².